The van der Waals surface area contributed by atoms with Gasteiger partial charge in [-0.3, -0.25) is 9.10 Å². The maximum absolute atomic E-state index is 14.0. The van der Waals surface area contributed by atoms with Crippen molar-refractivity contribution in [1.82, 2.24) is 0 Å². The minimum Gasteiger partial charge on any atom is -0.322 e. The zero-order chi connectivity index (χ0) is 22.6. The second-order valence-corrected chi connectivity index (χ2v) is 9.51. The van der Waals surface area contributed by atoms with E-state index in [-0.39, 0.29) is 23.9 Å². The molecule has 0 spiro atoms. The van der Waals surface area contributed by atoms with Crippen molar-refractivity contribution < 1.29 is 17.6 Å². The van der Waals surface area contributed by atoms with Crippen LogP contribution in [0.25, 0.3) is 0 Å². The van der Waals surface area contributed by atoms with Gasteiger partial charge in [-0.1, -0.05) is 50.2 Å². The Morgan fingerprint density at radius 2 is 1.58 bits per heavy atom. The lowest BCUT2D eigenvalue weighted by Gasteiger charge is -2.23. The van der Waals surface area contributed by atoms with Gasteiger partial charge in [-0.05, 0) is 47.9 Å². The molecule has 0 radical (unpaired) electrons. The van der Waals surface area contributed by atoms with Gasteiger partial charge in [-0.25, -0.2) is 12.8 Å². The minimum absolute atomic E-state index is 0.140. The predicted molar refractivity (Wildman–Crippen MR) is 122 cm³/mol. The predicted octanol–water partition coefficient (Wildman–Crippen LogP) is 5.17. The molecular weight excluding hydrogens is 415 g/mol. The van der Waals surface area contributed by atoms with Gasteiger partial charge in [0.15, 0.2) is 0 Å². The molecule has 0 atom stereocenters. The Labute approximate surface area is 182 Å². The third kappa shape index (κ3) is 5.49. The fraction of sp³-hybridized carbons (Fsp3) is 0.208. The van der Waals surface area contributed by atoms with E-state index in [2.05, 4.69) is 19.2 Å². The molecule has 0 heterocycles. The van der Waals surface area contributed by atoms with E-state index >= 15 is 0 Å². The van der Waals surface area contributed by atoms with Gasteiger partial charge in [0.1, 0.15) is 5.82 Å². The molecule has 0 fully saturated rings. The fourth-order valence-electron chi connectivity index (χ4n) is 3.27. The number of rotatable bonds is 7. The van der Waals surface area contributed by atoms with Crippen LogP contribution in [0.2, 0.25) is 0 Å². The summed E-state index contributed by atoms with van der Waals surface area (Å²) in [6, 6.07) is 19.8. The lowest BCUT2D eigenvalue weighted by molar-refractivity contribution is 0.102. The van der Waals surface area contributed by atoms with Gasteiger partial charge >= 0.3 is 0 Å². The van der Waals surface area contributed by atoms with Gasteiger partial charge < -0.3 is 5.32 Å². The number of halogens is 1. The van der Waals surface area contributed by atoms with Crippen molar-refractivity contribution in [2.24, 2.45) is 0 Å². The molecule has 0 aliphatic rings. The molecule has 0 bridgehead atoms. The first-order valence-corrected chi connectivity index (χ1v) is 11.7. The first-order chi connectivity index (χ1) is 14.7. The van der Waals surface area contributed by atoms with E-state index in [0.29, 0.717) is 11.3 Å². The van der Waals surface area contributed by atoms with Crippen LogP contribution in [0, 0.1) is 5.82 Å². The number of benzene rings is 3. The molecule has 7 heteroatoms. The molecule has 0 unspecified atom stereocenters. The summed E-state index contributed by atoms with van der Waals surface area (Å²) in [4.78, 5) is 12.7. The Morgan fingerprint density at radius 1 is 0.968 bits per heavy atom. The summed E-state index contributed by atoms with van der Waals surface area (Å²) in [5.41, 5.74) is 2.77. The third-order valence-corrected chi connectivity index (χ3v) is 6.06. The van der Waals surface area contributed by atoms with Crippen LogP contribution in [0.5, 0.6) is 0 Å². The molecule has 3 aromatic rings. The molecule has 5 nitrogen and oxygen atoms in total. The van der Waals surface area contributed by atoms with Gasteiger partial charge in [-0.2, -0.15) is 0 Å². The molecule has 0 aliphatic heterocycles. The van der Waals surface area contributed by atoms with E-state index in [1.807, 2.05) is 24.3 Å². The van der Waals surface area contributed by atoms with Crippen molar-refractivity contribution in [2.45, 2.75) is 26.3 Å². The summed E-state index contributed by atoms with van der Waals surface area (Å²) in [6.45, 7) is 3.96. The van der Waals surface area contributed by atoms with E-state index in [9.17, 15) is 17.6 Å². The van der Waals surface area contributed by atoms with Crippen LogP contribution in [-0.4, -0.2) is 20.6 Å². The number of sulfonamides is 1. The SMILES string of the molecule is CC(C)c1ccccc1NC(=O)c1ccc(N(Cc2ccccc2F)S(C)(=O)=O)cc1. The van der Waals surface area contributed by atoms with Gasteiger partial charge in [0.2, 0.25) is 10.0 Å². The van der Waals surface area contributed by atoms with E-state index in [0.717, 1.165) is 21.8 Å². The van der Waals surface area contributed by atoms with Crippen molar-refractivity contribution in [3.63, 3.8) is 0 Å². The van der Waals surface area contributed by atoms with E-state index in [1.165, 1.54) is 6.07 Å². The van der Waals surface area contributed by atoms with E-state index in [4.69, 9.17) is 0 Å². The van der Waals surface area contributed by atoms with E-state index in [1.54, 1.807) is 42.5 Å². The number of nitrogens with one attached hydrogen (secondary N) is 1. The van der Waals surface area contributed by atoms with Crippen molar-refractivity contribution in [3.05, 3.63) is 95.3 Å². The van der Waals surface area contributed by atoms with Crippen LogP contribution < -0.4 is 9.62 Å². The van der Waals surface area contributed by atoms with Crippen molar-refractivity contribution in [3.8, 4) is 0 Å². The first-order valence-electron chi connectivity index (χ1n) is 9.88. The first kappa shape index (κ1) is 22.5. The van der Waals surface area contributed by atoms with Gasteiger partial charge in [0.25, 0.3) is 5.91 Å². The minimum atomic E-state index is -3.66. The molecule has 0 saturated carbocycles. The van der Waals surface area contributed by atoms with Crippen LogP contribution in [0.4, 0.5) is 15.8 Å². The summed E-state index contributed by atoms with van der Waals surface area (Å²) < 4.78 is 39.8. The molecule has 3 aromatic carbocycles. The van der Waals surface area contributed by atoms with Gasteiger partial charge in [0, 0.05) is 16.8 Å². The molecule has 31 heavy (non-hydrogen) atoms. The molecule has 1 amide bonds. The second kappa shape index (κ2) is 9.31. The van der Waals surface area contributed by atoms with Crippen LogP contribution in [0.1, 0.15) is 41.3 Å². The maximum Gasteiger partial charge on any atom is 0.255 e. The largest absolute Gasteiger partial charge is 0.322 e. The Morgan fingerprint density at radius 3 is 2.19 bits per heavy atom. The average molecular weight is 441 g/mol. The topological polar surface area (TPSA) is 66.5 Å². The summed E-state index contributed by atoms with van der Waals surface area (Å²) >= 11 is 0. The molecular formula is C24H25FN2O3S. The van der Waals surface area contributed by atoms with Gasteiger partial charge in [0.05, 0.1) is 18.5 Å². The standard InChI is InChI=1S/C24H25FN2O3S/c1-17(2)21-9-5-7-11-23(21)26-24(28)18-12-14-20(15-13-18)27(31(3,29)30)16-19-8-4-6-10-22(19)25/h4-15,17H,16H2,1-3H3,(H,26,28). The highest BCUT2D eigenvalue weighted by atomic mass is 32.2. The molecule has 0 aliphatic carbocycles. The Hall–Kier alpha value is -3.19. The zero-order valence-corrected chi connectivity index (χ0v) is 18.5. The Bertz CT molecular complexity index is 1180. The number of carbonyl (C=O) groups is 1. The molecule has 1 N–H and O–H groups in total. The number of hydrogen-bond donors (Lipinski definition) is 1. The highest BCUT2D eigenvalue weighted by molar-refractivity contribution is 7.92. The lowest BCUT2D eigenvalue weighted by Crippen LogP contribution is -2.29. The molecule has 0 aromatic heterocycles. The second-order valence-electron chi connectivity index (χ2n) is 7.60. The summed E-state index contributed by atoms with van der Waals surface area (Å²) in [6.07, 6.45) is 1.07. The highest BCUT2D eigenvalue weighted by Crippen LogP contribution is 2.25. The quantitative estimate of drug-likeness (QED) is 0.551. The molecule has 0 saturated heterocycles. The summed E-state index contributed by atoms with van der Waals surface area (Å²) in [5.74, 6) is -0.517. The number of nitrogens with zero attached hydrogens (tertiary/aromatic N) is 1. The Kier molecular flexibility index (Phi) is 6.75. The van der Waals surface area contributed by atoms with Gasteiger partial charge in [-0.15, -0.1) is 0 Å². The van der Waals surface area contributed by atoms with E-state index < -0.39 is 15.8 Å². The summed E-state index contributed by atoms with van der Waals surface area (Å²) in [7, 11) is -3.66. The normalized spacial score (nSPS) is 11.4. The maximum atomic E-state index is 14.0. The lowest BCUT2D eigenvalue weighted by atomic mass is 10.0. The average Bonchev–Trinajstić information content (AvgIpc) is 2.72. The molecule has 162 valence electrons. The highest BCUT2D eigenvalue weighted by Gasteiger charge is 2.20. The van der Waals surface area contributed by atoms with Crippen LogP contribution in [0.15, 0.2) is 72.8 Å². The van der Waals surface area contributed by atoms with Crippen molar-refractivity contribution in [2.75, 3.05) is 15.9 Å². The monoisotopic (exact) mass is 440 g/mol. The fourth-order valence-corrected chi connectivity index (χ4v) is 4.15. The number of para-hydroxylation sites is 1. The van der Waals surface area contributed by atoms with Crippen LogP contribution >= 0.6 is 0 Å². The van der Waals surface area contributed by atoms with Crippen LogP contribution in [0.3, 0.4) is 0 Å². The van der Waals surface area contributed by atoms with Crippen molar-refractivity contribution in [1.29, 1.82) is 0 Å². The summed E-state index contributed by atoms with van der Waals surface area (Å²) in [5, 5.41) is 2.91. The number of anilines is 2. The number of amides is 1. The Balaban J connectivity index is 1.83. The zero-order valence-electron chi connectivity index (χ0n) is 17.7. The number of hydrogen-bond acceptors (Lipinski definition) is 3. The number of carbonyl (C=O) groups excluding carboxylic acids is 1. The smallest absolute Gasteiger partial charge is 0.255 e. The van der Waals surface area contributed by atoms with Crippen LogP contribution in [-0.2, 0) is 16.6 Å². The van der Waals surface area contributed by atoms with Crippen molar-refractivity contribution >= 4 is 27.3 Å². The molecule has 3 rings (SSSR count). The third-order valence-electron chi connectivity index (χ3n) is 4.92.